The van der Waals surface area contributed by atoms with E-state index in [1.54, 1.807) is 0 Å². The summed E-state index contributed by atoms with van der Waals surface area (Å²) in [5.41, 5.74) is 10.3. The molecule has 6 nitrogen and oxygen atoms in total. The number of amides is 1. The monoisotopic (exact) mass is 315 g/mol. The minimum absolute atomic E-state index is 0.130. The van der Waals surface area contributed by atoms with Crippen LogP contribution in [0.15, 0.2) is 23.1 Å². The van der Waals surface area contributed by atoms with E-state index in [9.17, 15) is 17.6 Å². The summed E-state index contributed by atoms with van der Waals surface area (Å²) in [6.07, 6.45) is 3.17. The van der Waals surface area contributed by atoms with Crippen molar-refractivity contribution in [1.29, 1.82) is 0 Å². The molecule has 1 aliphatic rings. The molecule has 116 valence electrons. The standard InChI is InChI=1S/C13H18FN3O3S/c14-11-6-5-10(7-12(11)15)21(19,20)17(8-13(16)18)9-3-1-2-4-9/h5-7,9H,1-4,8,15H2,(H2,16,18). The van der Waals surface area contributed by atoms with Gasteiger partial charge in [-0.3, -0.25) is 4.79 Å². The minimum atomic E-state index is -3.93. The third-order valence-electron chi connectivity index (χ3n) is 3.62. The molecular formula is C13H18FN3O3S. The number of carbonyl (C=O) groups is 1. The van der Waals surface area contributed by atoms with Crippen LogP contribution in [-0.2, 0) is 14.8 Å². The zero-order valence-corrected chi connectivity index (χ0v) is 12.3. The van der Waals surface area contributed by atoms with Gasteiger partial charge in [-0.1, -0.05) is 12.8 Å². The molecule has 8 heteroatoms. The van der Waals surface area contributed by atoms with Crippen LogP contribution < -0.4 is 11.5 Å². The summed E-state index contributed by atoms with van der Waals surface area (Å²) < 4.78 is 39.6. The Morgan fingerprint density at radius 3 is 2.48 bits per heavy atom. The fraction of sp³-hybridized carbons (Fsp3) is 0.462. The van der Waals surface area contributed by atoms with E-state index >= 15 is 0 Å². The van der Waals surface area contributed by atoms with E-state index < -0.39 is 21.7 Å². The Labute approximate surface area is 123 Å². The van der Waals surface area contributed by atoms with Crippen LogP contribution in [0, 0.1) is 5.82 Å². The predicted molar refractivity (Wildman–Crippen MR) is 76.2 cm³/mol. The molecule has 1 aromatic rings. The van der Waals surface area contributed by atoms with E-state index in [4.69, 9.17) is 11.5 Å². The summed E-state index contributed by atoms with van der Waals surface area (Å²) in [5.74, 6) is -1.41. The third-order valence-corrected chi connectivity index (χ3v) is 5.51. The SMILES string of the molecule is NC(=O)CN(C1CCCC1)S(=O)(=O)c1ccc(F)c(N)c1. The first-order valence-electron chi connectivity index (χ1n) is 6.67. The third kappa shape index (κ3) is 3.33. The van der Waals surface area contributed by atoms with E-state index in [0.717, 1.165) is 35.3 Å². The Morgan fingerprint density at radius 1 is 1.33 bits per heavy atom. The zero-order valence-electron chi connectivity index (χ0n) is 11.5. The molecule has 2 rings (SSSR count). The Bertz CT molecular complexity index is 642. The smallest absolute Gasteiger partial charge is 0.243 e. The molecule has 0 saturated heterocycles. The molecule has 0 spiro atoms. The van der Waals surface area contributed by atoms with Crippen molar-refractivity contribution in [1.82, 2.24) is 4.31 Å². The number of nitrogen functional groups attached to an aromatic ring is 1. The topological polar surface area (TPSA) is 106 Å². The van der Waals surface area contributed by atoms with Crippen LogP contribution >= 0.6 is 0 Å². The summed E-state index contributed by atoms with van der Waals surface area (Å²) in [6, 6.07) is 2.95. The number of hydrogen-bond acceptors (Lipinski definition) is 4. The Morgan fingerprint density at radius 2 is 1.95 bits per heavy atom. The molecule has 0 atom stereocenters. The van der Waals surface area contributed by atoms with Gasteiger partial charge in [0.2, 0.25) is 15.9 Å². The number of sulfonamides is 1. The Balaban J connectivity index is 2.40. The van der Waals surface area contributed by atoms with E-state index in [1.807, 2.05) is 0 Å². The lowest BCUT2D eigenvalue weighted by molar-refractivity contribution is -0.118. The fourth-order valence-electron chi connectivity index (χ4n) is 2.57. The summed E-state index contributed by atoms with van der Waals surface area (Å²) in [6.45, 7) is -0.385. The second-order valence-electron chi connectivity index (χ2n) is 5.14. The van der Waals surface area contributed by atoms with Crippen LogP contribution in [0.2, 0.25) is 0 Å². The van der Waals surface area contributed by atoms with Gasteiger partial charge in [0.25, 0.3) is 0 Å². The van der Waals surface area contributed by atoms with E-state index in [-0.39, 0.29) is 23.2 Å². The van der Waals surface area contributed by atoms with Crippen LogP contribution in [-0.4, -0.2) is 31.2 Å². The molecule has 0 bridgehead atoms. The maximum Gasteiger partial charge on any atom is 0.243 e. The lowest BCUT2D eigenvalue weighted by Gasteiger charge is -2.27. The van der Waals surface area contributed by atoms with Gasteiger partial charge >= 0.3 is 0 Å². The van der Waals surface area contributed by atoms with Crippen molar-refractivity contribution in [3.63, 3.8) is 0 Å². The first kappa shape index (κ1) is 15.7. The molecule has 1 aliphatic carbocycles. The normalized spacial score (nSPS) is 16.5. The Kier molecular flexibility index (Phi) is 4.48. The number of nitrogens with two attached hydrogens (primary N) is 2. The van der Waals surface area contributed by atoms with Gasteiger partial charge in [-0.15, -0.1) is 0 Å². The molecule has 0 aliphatic heterocycles. The number of halogens is 1. The van der Waals surface area contributed by atoms with Gasteiger partial charge in [-0.05, 0) is 31.0 Å². The molecule has 4 N–H and O–H groups in total. The van der Waals surface area contributed by atoms with Gasteiger partial charge in [-0.2, -0.15) is 4.31 Å². The van der Waals surface area contributed by atoms with Crippen LogP contribution in [0.25, 0.3) is 0 Å². The van der Waals surface area contributed by atoms with Gasteiger partial charge in [0.05, 0.1) is 17.1 Å². The van der Waals surface area contributed by atoms with E-state index in [2.05, 4.69) is 0 Å². The van der Waals surface area contributed by atoms with Gasteiger partial charge < -0.3 is 11.5 Å². The van der Waals surface area contributed by atoms with Gasteiger partial charge in [0.15, 0.2) is 0 Å². The largest absolute Gasteiger partial charge is 0.396 e. The van der Waals surface area contributed by atoms with E-state index in [1.165, 1.54) is 0 Å². The highest BCUT2D eigenvalue weighted by atomic mass is 32.2. The fourth-order valence-corrected chi connectivity index (χ4v) is 4.26. The molecule has 21 heavy (non-hydrogen) atoms. The summed E-state index contributed by atoms with van der Waals surface area (Å²) in [7, 11) is -3.93. The summed E-state index contributed by atoms with van der Waals surface area (Å²) in [5, 5.41) is 0. The lowest BCUT2D eigenvalue weighted by Crippen LogP contribution is -2.44. The lowest BCUT2D eigenvalue weighted by atomic mass is 10.2. The number of anilines is 1. The van der Waals surface area contributed by atoms with Crippen LogP contribution in [0.4, 0.5) is 10.1 Å². The van der Waals surface area contributed by atoms with Gasteiger partial charge in [0.1, 0.15) is 5.82 Å². The van der Waals surface area contributed by atoms with E-state index in [0.29, 0.717) is 12.8 Å². The average Bonchev–Trinajstić information content (AvgIpc) is 2.92. The van der Waals surface area contributed by atoms with Crippen molar-refractivity contribution < 1.29 is 17.6 Å². The molecule has 1 fully saturated rings. The number of nitrogens with zero attached hydrogens (tertiary/aromatic N) is 1. The Hall–Kier alpha value is -1.67. The molecule has 0 radical (unpaired) electrons. The summed E-state index contributed by atoms with van der Waals surface area (Å²) in [4.78, 5) is 11.1. The maximum atomic E-state index is 13.2. The number of primary amides is 1. The number of rotatable bonds is 5. The second-order valence-corrected chi connectivity index (χ2v) is 7.03. The second kappa shape index (κ2) is 5.98. The van der Waals surface area contributed by atoms with Crippen LogP contribution in [0.1, 0.15) is 25.7 Å². The molecule has 1 amide bonds. The van der Waals surface area contributed by atoms with Gasteiger partial charge in [0, 0.05) is 6.04 Å². The van der Waals surface area contributed by atoms with Crippen molar-refractivity contribution in [3.05, 3.63) is 24.0 Å². The highest BCUT2D eigenvalue weighted by Gasteiger charge is 2.34. The zero-order chi connectivity index (χ0) is 15.6. The highest BCUT2D eigenvalue weighted by Crippen LogP contribution is 2.29. The quantitative estimate of drug-likeness (QED) is 0.785. The molecule has 1 aromatic carbocycles. The van der Waals surface area contributed by atoms with Crippen molar-refractivity contribution in [2.24, 2.45) is 5.73 Å². The molecule has 0 heterocycles. The molecular weight excluding hydrogens is 297 g/mol. The molecule has 0 unspecified atom stereocenters. The molecule has 0 aromatic heterocycles. The van der Waals surface area contributed by atoms with Crippen LogP contribution in [0.3, 0.4) is 0 Å². The van der Waals surface area contributed by atoms with Crippen LogP contribution in [0.5, 0.6) is 0 Å². The van der Waals surface area contributed by atoms with Crippen molar-refractivity contribution in [2.75, 3.05) is 12.3 Å². The van der Waals surface area contributed by atoms with Crippen molar-refractivity contribution in [3.8, 4) is 0 Å². The van der Waals surface area contributed by atoms with Crippen molar-refractivity contribution >= 4 is 21.6 Å². The number of hydrogen-bond donors (Lipinski definition) is 2. The summed E-state index contributed by atoms with van der Waals surface area (Å²) >= 11 is 0. The predicted octanol–water partition coefficient (Wildman–Crippen LogP) is 0.826. The molecule has 1 saturated carbocycles. The first-order valence-corrected chi connectivity index (χ1v) is 8.11. The first-order chi connectivity index (χ1) is 9.82. The maximum absolute atomic E-state index is 13.2. The average molecular weight is 315 g/mol. The number of benzene rings is 1. The highest BCUT2D eigenvalue weighted by molar-refractivity contribution is 7.89. The number of carbonyl (C=O) groups excluding carboxylic acids is 1. The van der Waals surface area contributed by atoms with Gasteiger partial charge in [-0.25, -0.2) is 12.8 Å². The van der Waals surface area contributed by atoms with Crippen molar-refractivity contribution in [2.45, 2.75) is 36.6 Å². The minimum Gasteiger partial charge on any atom is -0.396 e.